The van der Waals surface area contributed by atoms with Gasteiger partial charge in [-0.25, -0.2) is 4.79 Å². The Bertz CT molecular complexity index is 454. The van der Waals surface area contributed by atoms with E-state index < -0.39 is 6.03 Å². The van der Waals surface area contributed by atoms with Gasteiger partial charge in [0.05, 0.1) is 15.7 Å². The summed E-state index contributed by atoms with van der Waals surface area (Å²) in [6.45, 7) is 0. The Balaban J connectivity index is 3.08. The molecule has 4 N–H and O–H groups in total. The Morgan fingerprint density at radius 1 is 1.35 bits per heavy atom. The van der Waals surface area contributed by atoms with Crippen molar-refractivity contribution in [1.82, 2.24) is 5.32 Å². The zero-order valence-corrected chi connectivity index (χ0v) is 11.0. The summed E-state index contributed by atoms with van der Waals surface area (Å²) in [6, 6.07) is 2.12. The number of nitrogens with zero attached hydrogens (tertiary/aromatic N) is 1. The minimum Gasteiger partial charge on any atom is -0.351 e. The highest BCUT2D eigenvalue weighted by Crippen LogP contribution is 2.35. The number of halogens is 3. The number of guanidine groups is 1. The van der Waals surface area contributed by atoms with Crippen molar-refractivity contribution >= 4 is 52.5 Å². The molecule has 0 unspecified atom stereocenters. The SMILES string of the molecule is CN(C(=N)NC(N)=O)c1c(Cl)cc(Cl)cc1Cl. The lowest BCUT2D eigenvalue weighted by atomic mass is 10.3. The summed E-state index contributed by atoms with van der Waals surface area (Å²) in [6.07, 6.45) is 0. The molecule has 0 bridgehead atoms. The van der Waals surface area contributed by atoms with Gasteiger partial charge in [0, 0.05) is 12.1 Å². The van der Waals surface area contributed by atoms with E-state index in [1.165, 1.54) is 24.1 Å². The number of carbonyl (C=O) groups is 1. The average Bonchev–Trinajstić information content (AvgIpc) is 2.14. The fourth-order valence-corrected chi connectivity index (χ4v) is 2.24. The molecule has 0 heterocycles. The lowest BCUT2D eigenvalue weighted by Gasteiger charge is -2.22. The van der Waals surface area contributed by atoms with Crippen LogP contribution in [0.15, 0.2) is 12.1 Å². The summed E-state index contributed by atoms with van der Waals surface area (Å²) >= 11 is 17.7. The van der Waals surface area contributed by atoms with Crippen molar-refractivity contribution in [1.29, 1.82) is 5.41 Å². The number of hydrogen-bond donors (Lipinski definition) is 3. The quantitative estimate of drug-likeness (QED) is 0.550. The maximum Gasteiger partial charge on any atom is 0.318 e. The van der Waals surface area contributed by atoms with Crippen molar-refractivity contribution in [3.8, 4) is 0 Å². The fraction of sp³-hybridized carbons (Fsp3) is 0.111. The van der Waals surface area contributed by atoms with Crippen LogP contribution in [-0.4, -0.2) is 19.0 Å². The number of nitrogens with two attached hydrogens (primary N) is 1. The summed E-state index contributed by atoms with van der Waals surface area (Å²) in [5.74, 6) is -0.247. The van der Waals surface area contributed by atoms with E-state index in [1.807, 2.05) is 0 Å². The maximum atomic E-state index is 10.6. The first-order valence-corrected chi connectivity index (χ1v) is 5.49. The zero-order chi connectivity index (χ0) is 13.2. The van der Waals surface area contributed by atoms with Gasteiger partial charge in [0.2, 0.25) is 5.96 Å². The van der Waals surface area contributed by atoms with Gasteiger partial charge in [0.1, 0.15) is 0 Å². The molecule has 0 radical (unpaired) electrons. The van der Waals surface area contributed by atoms with Crippen molar-refractivity contribution in [3.63, 3.8) is 0 Å². The van der Waals surface area contributed by atoms with Gasteiger partial charge in [-0.15, -0.1) is 0 Å². The largest absolute Gasteiger partial charge is 0.351 e. The van der Waals surface area contributed by atoms with Crippen LogP contribution in [0.4, 0.5) is 10.5 Å². The average molecular weight is 296 g/mol. The number of amides is 2. The molecule has 0 saturated heterocycles. The first-order valence-electron chi connectivity index (χ1n) is 4.36. The van der Waals surface area contributed by atoms with Crippen LogP contribution in [0.5, 0.6) is 0 Å². The maximum absolute atomic E-state index is 10.6. The molecular weight excluding hydrogens is 286 g/mol. The molecule has 0 aliphatic rings. The monoisotopic (exact) mass is 294 g/mol. The summed E-state index contributed by atoms with van der Waals surface area (Å²) in [5.41, 5.74) is 5.26. The van der Waals surface area contributed by atoms with Crippen LogP contribution in [0.1, 0.15) is 0 Å². The first kappa shape index (κ1) is 13.9. The molecule has 92 valence electrons. The predicted octanol–water partition coefficient (Wildman–Crippen LogP) is 2.69. The van der Waals surface area contributed by atoms with Crippen molar-refractivity contribution in [2.75, 3.05) is 11.9 Å². The Labute approximate surface area is 113 Å². The number of nitrogens with one attached hydrogen (secondary N) is 2. The van der Waals surface area contributed by atoms with E-state index in [4.69, 9.17) is 45.9 Å². The molecule has 2 amide bonds. The lowest BCUT2D eigenvalue weighted by molar-refractivity contribution is 0.253. The molecule has 0 spiro atoms. The molecule has 1 rings (SSSR count). The smallest absolute Gasteiger partial charge is 0.318 e. The molecular formula is C9H9Cl3N4O. The van der Waals surface area contributed by atoms with Gasteiger partial charge < -0.3 is 10.6 Å². The van der Waals surface area contributed by atoms with Gasteiger partial charge in [-0.2, -0.15) is 0 Å². The van der Waals surface area contributed by atoms with Crippen LogP contribution >= 0.6 is 34.8 Å². The van der Waals surface area contributed by atoms with E-state index >= 15 is 0 Å². The van der Waals surface area contributed by atoms with Crippen LogP contribution in [0.3, 0.4) is 0 Å². The second kappa shape index (κ2) is 5.44. The molecule has 1 aromatic rings. The van der Waals surface area contributed by atoms with E-state index in [9.17, 15) is 4.79 Å². The third-order valence-electron chi connectivity index (χ3n) is 1.89. The third-order valence-corrected chi connectivity index (χ3v) is 2.69. The van der Waals surface area contributed by atoms with E-state index in [0.29, 0.717) is 10.7 Å². The molecule has 1 aromatic carbocycles. The normalized spacial score (nSPS) is 9.88. The van der Waals surface area contributed by atoms with Crippen LogP contribution < -0.4 is 16.0 Å². The van der Waals surface area contributed by atoms with Crippen LogP contribution in [0.25, 0.3) is 0 Å². The number of urea groups is 1. The molecule has 8 heteroatoms. The molecule has 0 saturated carbocycles. The van der Waals surface area contributed by atoms with Crippen LogP contribution in [-0.2, 0) is 0 Å². The van der Waals surface area contributed by atoms with Crippen LogP contribution in [0.2, 0.25) is 15.1 Å². The Hall–Kier alpha value is -1.17. The van der Waals surface area contributed by atoms with Gasteiger partial charge >= 0.3 is 6.03 Å². The van der Waals surface area contributed by atoms with Gasteiger partial charge in [-0.1, -0.05) is 34.8 Å². The van der Waals surface area contributed by atoms with Gasteiger partial charge in [-0.3, -0.25) is 10.7 Å². The summed E-state index contributed by atoms with van der Waals surface area (Å²) in [7, 11) is 1.51. The summed E-state index contributed by atoms with van der Waals surface area (Å²) in [5, 5.41) is 10.6. The molecule has 0 aliphatic carbocycles. The van der Waals surface area contributed by atoms with Crippen molar-refractivity contribution in [3.05, 3.63) is 27.2 Å². The minimum absolute atomic E-state index is 0.247. The summed E-state index contributed by atoms with van der Waals surface area (Å²) in [4.78, 5) is 11.9. The van der Waals surface area contributed by atoms with Gasteiger partial charge in [0.25, 0.3) is 0 Å². The number of anilines is 1. The summed E-state index contributed by atoms with van der Waals surface area (Å²) < 4.78 is 0. The Morgan fingerprint density at radius 3 is 2.24 bits per heavy atom. The molecule has 0 aromatic heterocycles. The van der Waals surface area contributed by atoms with Crippen LogP contribution in [0, 0.1) is 5.41 Å². The molecule has 0 atom stereocenters. The molecule has 5 nitrogen and oxygen atoms in total. The molecule has 0 fully saturated rings. The van der Waals surface area contributed by atoms with E-state index in [0.717, 1.165) is 0 Å². The topological polar surface area (TPSA) is 82.2 Å². The van der Waals surface area contributed by atoms with Crippen molar-refractivity contribution in [2.45, 2.75) is 0 Å². The number of primary amides is 1. The zero-order valence-electron chi connectivity index (χ0n) is 8.72. The Morgan fingerprint density at radius 2 is 1.82 bits per heavy atom. The highest BCUT2D eigenvalue weighted by molar-refractivity contribution is 6.42. The Kier molecular flexibility index (Phi) is 4.45. The van der Waals surface area contributed by atoms with Crippen molar-refractivity contribution in [2.24, 2.45) is 5.73 Å². The minimum atomic E-state index is -0.844. The number of hydrogen-bond acceptors (Lipinski definition) is 2. The van der Waals surface area contributed by atoms with E-state index in [2.05, 4.69) is 5.32 Å². The van der Waals surface area contributed by atoms with Gasteiger partial charge in [0.15, 0.2) is 0 Å². The lowest BCUT2D eigenvalue weighted by Crippen LogP contribution is -2.44. The third kappa shape index (κ3) is 3.39. The fourth-order valence-electron chi connectivity index (χ4n) is 1.17. The first-order chi connectivity index (χ1) is 7.82. The van der Waals surface area contributed by atoms with Gasteiger partial charge in [-0.05, 0) is 12.1 Å². The standard InChI is InChI=1S/C9H9Cl3N4O/c1-16(8(13)15-9(14)17)7-5(11)2-4(10)3-6(7)12/h2-3H,1H3,(H4,13,14,15,17). The van der Waals surface area contributed by atoms with E-state index in [-0.39, 0.29) is 16.0 Å². The predicted molar refractivity (Wildman–Crippen MR) is 70.3 cm³/mol. The number of rotatable bonds is 1. The van der Waals surface area contributed by atoms with E-state index in [1.54, 1.807) is 0 Å². The number of carbonyl (C=O) groups excluding carboxylic acids is 1. The second-order valence-corrected chi connectivity index (χ2v) is 4.37. The highest BCUT2D eigenvalue weighted by Gasteiger charge is 2.16. The second-order valence-electron chi connectivity index (χ2n) is 3.11. The highest BCUT2D eigenvalue weighted by atomic mass is 35.5. The molecule has 17 heavy (non-hydrogen) atoms. The van der Waals surface area contributed by atoms with Crippen molar-refractivity contribution < 1.29 is 4.79 Å². The molecule has 0 aliphatic heterocycles. The number of benzene rings is 1.